The second-order valence-electron chi connectivity index (χ2n) is 4.16. The lowest BCUT2D eigenvalue weighted by Gasteiger charge is -2.05. The first-order chi connectivity index (χ1) is 6.95. The Hall–Kier alpha value is -1.24. The van der Waals surface area contributed by atoms with E-state index >= 15 is 0 Å². The molecule has 0 saturated carbocycles. The van der Waals surface area contributed by atoms with Gasteiger partial charge in [0.25, 0.3) is 0 Å². The van der Waals surface area contributed by atoms with Crippen molar-refractivity contribution in [3.63, 3.8) is 0 Å². The van der Waals surface area contributed by atoms with Crippen LogP contribution in [0.2, 0.25) is 0 Å². The summed E-state index contributed by atoms with van der Waals surface area (Å²) in [5.74, 6) is 0. The molecule has 0 amide bonds. The third-order valence-electron chi connectivity index (χ3n) is 3.21. The molecule has 1 aromatic heterocycles. The van der Waals surface area contributed by atoms with Crippen LogP contribution in [0, 0.1) is 0 Å². The smallest absolute Gasteiger partial charge is 0.0482 e. The number of para-hydroxylation sites is 1. The van der Waals surface area contributed by atoms with Gasteiger partial charge in [0.2, 0.25) is 0 Å². The van der Waals surface area contributed by atoms with Gasteiger partial charge in [-0.2, -0.15) is 0 Å². The van der Waals surface area contributed by atoms with E-state index in [1.54, 1.807) is 0 Å². The summed E-state index contributed by atoms with van der Waals surface area (Å²) < 4.78 is 2.50. The fourth-order valence-electron chi connectivity index (χ4n) is 2.49. The van der Waals surface area contributed by atoms with Crippen molar-refractivity contribution in [2.45, 2.75) is 32.2 Å². The van der Waals surface area contributed by atoms with Crippen molar-refractivity contribution < 1.29 is 0 Å². The standard InChI is InChI=1S/C13H15N/c1-2-7-12-10-11-6-3-4-8-13(11)14(12)9-5-1/h3-4,6,8,10H,1-2,5,7,9H2. The highest BCUT2D eigenvalue weighted by atomic mass is 15.0. The van der Waals surface area contributed by atoms with Crippen LogP contribution in [0.1, 0.15) is 25.0 Å². The van der Waals surface area contributed by atoms with Crippen LogP contribution in [0.5, 0.6) is 0 Å². The monoisotopic (exact) mass is 185 g/mol. The first-order valence-corrected chi connectivity index (χ1v) is 5.52. The minimum atomic E-state index is 1.21. The van der Waals surface area contributed by atoms with Gasteiger partial charge in [-0.05, 0) is 36.8 Å². The number of rotatable bonds is 0. The summed E-state index contributed by atoms with van der Waals surface area (Å²) in [6, 6.07) is 11.1. The maximum atomic E-state index is 2.50. The highest BCUT2D eigenvalue weighted by Crippen LogP contribution is 2.24. The molecule has 14 heavy (non-hydrogen) atoms. The van der Waals surface area contributed by atoms with E-state index in [0.29, 0.717) is 0 Å². The zero-order valence-electron chi connectivity index (χ0n) is 8.37. The Balaban J connectivity index is 2.24. The Morgan fingerprint density at radius 2 is 1.93 bits per heavy atom. The van der Waals surface area contributed by atoms with E-state index in [9.17, 15) is 0 Å². The number of fused-ring (bicyclic) bond motifs is 3. The molecule has 0 fully saturated rings. The minimum Gasteiger partial charge on any atom is -0.345 e. The summed E-state index contributed by atoms with van der Waals surface area (Å²) in [6.45, 7) is 1.21. The van der Waals surface area contributed by atoms with E-state index in [-0.39, 0.29) is 0 Å². The molecule has 0 unspecified atom stereocenters. The van der Waals surface area contributed by atoms with Crippen molar-refractivity contribution in [2.75, 3.05) is 0 Å². The normalized spacial score (nSPS) is 16.6. The first-order valence-electron chi connectivity index (χ1n) is 5.52. The van der Waals surface area contributed by atoms with E-state index in [0.717, 1.165) is 0 Å². The molecule has 0 N–H and O–H groups in total. The second kappa shape index (κ2) is 3.16. The van der Waals surface area contributed by atoms with Gasteiger partial charge in [0.05, 0.1) is 0 Å². The van der Waals surface area contributed by atoms with Crippen LogP contribution < -0.4 is 0 Å². The van der Waals surface area contributed by atoms with Crippen LogP contribution in [0.3, 0.4) is 0 Å². The van der Waals surface area contributed by atoms with Crippen LogP contribution >= 0.6 is 0 Å². The van der Waals surface area contributed by atoms with Gasteiger partial charge in [-0.25, -0.2) is 0 Å². The van der Waals surface area contributed by atoms with Crippen molar-refractivity contribution in [1.82, 2.24) is 4.57 Å². The van der Waals surface area contributed by atoms with Crippen LogP contribution in [-0.4, -0.2) is 4.57 Å². The Kier molecular flexibility index (Phi) is 1.83. The number of aromatic nitrogens is 1. The quantitative estimate of drug-likeness (QED) is 0.593. The molecule has 0 saturated heterocycles. The van der Waals surface area contributed by atoms with E-state index in [1.807, 2.05) is 0 Å². The summed E-state index contributed by atoms with van der Waals surface area (Å²) in [5, 5.41) is 1.41. The molecular formula is C13H15N. The fraction of sp³-hybridized carbons (Fsp3) is 0.385. The largest absolute Gasteiger partial charge is 0.345 e. The van der Waals surface area contributed by atoms with Crippen LogP contribution in [0.25, 0.3) is 10.9 Å². The molecule has 1 aliphatic rings. The molecule has 1 heteroatoms. The van der Waals surface area contributed by atoms with Crippen molar-refractivity contribution in [1.29, 1.82) is 0 Å². The maximum absolute atomic E-state index is 2.50. The second-order valence-corrected chi connectivity index (χ2v) is 4.16. The molecule has 1 aliphatic heterocycles. The molecular weight excluding hydrogens is 170 g/mol. The molecule has 2 heterocycles. The van der Waals surface area contributed by atoms with Crippen LogP contribution in [0.4, 0.5) is 0 Å². The van der Waals surface area contributed by atoms with Gasteiger partial charge in [0.15, 0.2) is 0 Å². The lowest BCUT2D eigenvalue weighted by Crippen LogP contribution is -1.98. The van der Waals surface area contributed by atoms with Crippen LogP contribution in [-0.2, 0) is 13.0 Å². The molecule has 0 bridgehead atoms. The highest BCUT2D eigenvalue weighted by molar-refractivity contribution is 5.81. The predicted molar refractivity (Wildman–Crippen MR) is 59.5 cm³/mol. The summed E-state index contributed by atoms with van der Waals surface area (Å²) in [4.78, 5) is 0. The molecule has 1 nitrogen and oxygen atoms in total. The SMILES string of the molecule is c1ccc2c(c1)cc1n2CCCCC1. The average molecular weight is 185 g/mol. The zero-order chi connectivity index (χ0) is 9.38. The highest BCUT2D eigenvalue weighted by Gasteiger charge is 2.10. The minimum absolute atomic E-state index is 1.21. The van der Waals surface area contributed by atoms with E-state index in [2.05, 4.69) is 34.9 Å². The number of hydrogen-bond acceptors (Lipinski definition) is 0. The maximum Gasteiger partial charge on any atom is 0.0482 e. The number of aryl methyl sites for hydroxylation is 2. The topological polar surface area (TPSA) is 4.93 Å². The van der Waals surface area contributed by atoms with Gasteiger partial charge in [-0.3, -0.25) is 0 Å². The number of hydrogen-bond donors (Lipinski definition) is 0. The molecule has 0 atom stereocenters. The third kappa shape index (κ3) is 1.16. The summed E-state index contributed by atoms with van der Waals surface area (Å²) in [6.07, 6.45) is 5.34. The number of nitrogens with zero attached hydrogens (tertiary/aromatic N) is 1. The molecule has 0 spiro atoms. The van der Waals surface area contributed by atoms with Crippen molar-refractivity contribution in [3.05, 3.63) is 36.0 Å². The Labute approximate surface area is 84.4 Å². The lowest BCUT2D eigenvalue weighted by atomic mass is 10.2. The van der Waals surface area contributed by atoms with E-state index < -0.39 is 0 Å². The predicted octanol–water partition coefficient (Wildman–Crippen LogP) is 3.37. The first kappa shape index (κ1) is 8.10. The molecule has 72 valence electrons. The summed E-state index contributed by atoms with van der Waals surface area (Å²) >= 11 is 0. The average Bonchev–Trinajstić information content (AvgIpc) is 2.42. The van der Waals surface area contributed by atoms with E-state index in [1.165, 1.54) is 48.8 Å². The van der Waals surface area contributed by atoms with Crippen molar-refractivity contribution >= 4 is 10.9 Å². The Morgan fingerprint density at radius 3 is 2.93 bits per heavy atom. The Bertz CT molecular complexity index is 453. The summed E-state index contributed by atoms with van der Waals surface area (Å²) in [7, 11) is 0. The van der Waals surface area contributed by atoms with Gasteiger partial charge in [-0.15, -0.1) is 0 Å². The lowest BCUT2D eigenvalue weighted by molar-refractivity contribution is 0.648. The van der Waals surface area contributed by atoms with Gasteiger partial charge in [0.1, 0.15) is 0 Å². The third-order valence-corrected chi connectivity index (χ3v) is 3.21. The zero-order valence-corrected chi connectivity index (χ0v) is 8.37. The van der Waals surface area contributed by atoms with Gasteiger partial charge in [-0.1, -0.05) is 24.6 Å². The molecule has 3 rings (SSSR count). The fourth-order valence-corrected chi connectivity index (χ4v) is 2.49. The van der Waals surface area contributed by atoms with Gasteiger partial charge >= 0.3 is 0 Å². The van der Waals surface area contributed by atoms with E-state index in [4.69, 9.17) is 0 Å². The van der Waals surface area contributed by atoms with Crippen molar-refractivity contribution in [2.24, 2.45) is 0 Å². The Morgan fingerprint density at radius 1 is 1.00 bits per heavy atom. The summed E-state index contributed by atoms with van der Waals surface area (Å²) in [5.41, 5.74) is 2.95. The molecule has 2 aromatic rings. The molecule has 0 aliphatic carbocycles. The molecule has 0 radical (unpaired) electrons. The van der Waals surface area contributed by atoms with Crippen molar-refractivity contribution in [3.8, 4) is 0 Å². The van der Waals surface area contributed by atoms with Gasteiger partial charge < -0.3 is 4.57 Å². The van der Waals surface area contributed by atoms with Crippen LogP contribution in [0.15, 0.2) is 30.3 Å². The number of benzene rings is 1. The molecule has 1 aromatic carbocycles. The van der Waals surface area contributed by atoms with Gasteiger partial charge in [0, 0.05) is 17.8 Å².